The van der Waals surface area contributed by atoms with Crippen molar-refractivity contribution in [2.24, 2.45) is 11.8 Å². The van der Waals surface area contributed by atoms with Gasteiger partial charge in [-0.3, -0.25) is 0 Å². The Bertz CT molecular complexity index is 174. The van der Waals surface area contributed by atoms with Crippen molar-refractivity contribution in [3.05, 3.63) is 12.7 Å². The lowest BCUT2D eigenvalue weighted by molar-refractivity contribution is 0.0731. The molecule has 0 aliphatic heterocycles. The third-order valence-corrected chi connectivity index (χ3v) is 3.46. The van der Waals surface area contributed by atoms with Crippen LogP contribution in [0.5, 0.6) is 0 Å². The molecule has 1 saturated carbocycles. The molecule has 1 nitrogen and oxygen atoms in total. The molecule has 2 atom stereocenters. The van der Waals surface area contributed by atoms with Gasteiger partial charge in [-0.15, -0.1) is 6.58 Å². The normalized spacial score (nSPS) is 35.8. The van der Waals surface area contributed by atoms with Gasteiger partial charge < -0.3 is 5.11 Å². The van der Waals surface area contributed by atoms with Gasteiger partial charge in [0.2, 0.25) is 0 Å². The largest absolute Gasteiger partial charge is 0.386 e. The minimum absolute atomic E-state index is 0.566. The van der Waals surface area contributed by atoms with Gasteiger partial charge in [0.25, 0.3) is 0 Å². The first kappa shape index (κ1) is 10.8. The monoisotopic (exact) mass is 182 g/mol. The van der Waals surface area contributed by atoms with Crippen LogP contribution >= 0.6 is 0 Å². The Labute approximate surface area is 81.9 Å². The standard InChI is InChI=1S/C12H22O/c1-4-12(13)8-5-6-11(7-9-12)10(2)3/h4,10-11,13H,1,5-9H2,2-3H3. The van der Waals surface area contributed by atoms with E-state index in [4.69, 9.17) is 0 Å². The molecule has 0 spiro atoms. The van der Waals surface area contributed by atoms with Crippen molar-refractivity contribution in [2.75, 3.05) is 0 Å². The molecule has 0 bridgehead atoms. The Balaban J connectivity index is 2.53. The first-order chi connectivity index (χ1) is 6.07. The Morgan fingerprint density at radius 2 is 2.08 bits per heavy atom. The minimum Gasteiger partial charge on any atom is -0.386 e. The summed E-state index contributed by atoms with van der Waals surface area (Å²) in [6, 6.07) is 0. The third kappa shape index (κ3) is 2.84. The SMILES string of the molecule is C=CC1(O)CCCC(C(C)C)CC1. The highest BCUT2D eigenvalue weighted by Crippen LogP contribution is 2.34. The van der Waals surface area contributed by atoms with Gasteiger partial charge in [-0.25, -0.2) is 0 Å². The quantitative estimate of drug-likeness (QED) is 0.514. The number of hydrogen-bond donors (Lipinski definition) is 1. The summed E-state index contributed by atoms with van der Waals surface area (Å²) in [6.45, 7) is 8.28. The van der Waals surface area contributed by atoms with Crippen molar-refractivity contribution in [1.82, 2.24) is 0 Å². The van der Waals surface area contributed by atoms with Gasteiger partial charge in [0.1, 0.15) is 0 Å². The molecule has 0 aromatic heterocycles. The Morgan fingerprint density at radius 1 is 1.38 bits per heavy atom. The molecule has 0 aromatic rings. The van der Waals surface area contributed by atoms with Gasteiger partial charge in [-0.2, -0.15) is 0 Å². The molecule has 1 heteroatoms. The van der Waals surface area contributed by atoms with Gasteiger partial charge in [-0.05, 0) is 37.5 Å². The van der Waals surface area contributed by atoms with E-state index in [0.29, 0.717) is 0 Å². The zero-order valence-electron chi connectivity index (χ0n) is 8.92. The predicted molar refractivity (Wildman–Crippen MR) is 56.6 cm³/mol. The maximum Gasteiger partial charge on any atom is 0.0825 e. The van der Waals surface area contributed by atoms with E-state index in [9.17, 15) is 5.11 Å². The summed E-state index contributed by atoms with van der Waals surface area (Å²) in [5, 5.41) is 10.0. The third-order valence-electron chi connectivity index (χ3n) is 3.46. The summed E-state index contributed by atoms with van der Waals surface area (Å²) in [5.41, 5.74) is -0.566. The number of rotatable bonds is 2. The zero-order chi connectivity index (χ0) is 9.90. The maximum absolute atomic E-state index is 10.0. The highest BCUT2D eigenvalue weighted by atomic mass is 16.3. The molecule has 0 radical (unpaired) electrons. The Morgan fingerprint density at radius 3 is 2.62 bits per heavy atom. The Kier molecular flexibility index (Phi) is 3.55. The van der Waals surface area contributed by atoms with Crippen LogP contribution in [0.3, 0.4) is 0 Å². The summed E-state index contributed by atoms with van der Waals surface area (Å²) in [7, 11) is 0. The molecule has 1 aliphatic rings. The fraction of sp³-hybridized carbons (Fsp3) is 0.833. The molecule has 0 amide bonds. The lowest BCUT2D eigenvalue weighted by atomic mass is 9.88. The first-order valence-electron chi connectivity index (χ1n) is 5.43. The molecule has 0 aromatic carbocycles. The van der Waals surface area contributed by atoms with Crippen LogP contribution in [0.2, 0.25) is 0 Å². The van der Waals surface area contributed by atoms with E-state index in [1.807, 2.05) is 0 Å². The fourth-order valence-electron chi connectivity index (χ4n) is 2.25. The molecule has 1 N–H and O–H groups in total. The lowest BCUT2D eigenvalue weighted by Gasteiger charge is -2.22. The fourth-order valence-corrected chi connectivity index (χ4v) is 2.25. The second-order valence-corrected chi connectivity index (χ2v) is 4.74. The summed E-state index contributed by atoms with van der Waals surface area (Å²) in [4.78, 5) is 0. The number of aliphatic hydroxyl groups is 1. The molecule has 1 rings (SSSR count). The summed E-state index contributed by atoms with van der Waals surface area (Å²) in [6.07, 6.45) is 7.11. The van der Waals surface area contributed by atoms with Crippen molar-refractivity contribution < 1.29 is 5.11 Å². The number of hydrogen-bond acceptors (Lipinski definition) is 1. The van der Waals surface area contributed by atoms with Crippen LogP contribution in [0.25, 0.3) is 0 Å². The molecule has 0 saturated heterocycles. The van der Waals surface area contributed by atoms with E-state index in [0.717, 1.165) is 37.5 Å². The molecule has 76 valence electrons. The molecular formula is C12H22O. The van der Waals surface area contributed by atoms with E-state index < -0.39 is 5.60 Å². The van der Waals surface area contributed by atoms with Crippen LogP contribution in [0.1, 0.15) is 46.0 Å². The van der Waals surface area contributed by atoms with Crippen LogP contribution in [0, 0.1) is 11.8 Å². The van der Waals surface area contributed by atoms with Gasteiger partial charge in [0, 0.05) is 0 Å². The minimum atomic E-state index is -0.566. The highest BCUT2D eigenvalue weighted by Gasteiger charge is 2.28. The van der Waals surface area contributed by atoms with Crippen molar-refractivity contribution in [3.63, 3.8) is 0 Å². The molecule has 13 heavy (non-hydrogen) atoms. The molecule has 1 fully saturated rings. The van der Waals surface area contributed by atoms with Crippen LogP contribution in [-0.2, 0) is 0 Å². The van der Waals surface area contributed by atoms with E-state index in [1.165, 1.54) is 6.42 Å². The van der Waals surface area contributed by atoms with Gasteiger partial charge in [0.05, 0.1) is 5.60 Å². The van der Waals surface area contributed by atoms with E-state index in [-0.39, 0.29) is 0 Å². The van der Waals surface area contributed by atoms with Crippen molar-refractivity contribution in [2.45, 2.75) is 51.6 Å². The second-order valence-electron chi connectivity index (χ2n) is 4.74. The second kappa shape index (κ2) is 4.28. The molecular weight excluding hydrogens is 160 g/mol. The summed E-state index contributed by atoms with van der Waals surface area (Å²) in [5.74, 6) is 1.56. The van der Waals surface area contributed by atoms with E-state index >= 15 is 0 Å². The van der Waals surface area contributed by atoms with Crippen molar-refractivity contribution >= 4 is 0 Å². The average molecular weight is 182 g/mol. The smallest absolute Gasteiger partial charge is 0.0825 e. The maximum atomic E-state index is 10.0. The highest BCUT2D eigenvalue weighted by molar-refractivity contribution is 4.97. The van der Waals surface area contributed by atoms with E-state index in [2.05, 4.69) is 20.4 Å². The van der Waals surface area contributed by atoms with Crippen molar-refractivity contribution in [1.29, 1.82) is 0 Å². The van der Waals surface area contributed by atoms with Crippen LogP contribution < -0.4 is 0 Å². The van der Waals surface area contributed by atoms with E-state index in [1.54, 1.807) is 6.08 Å². The summed E-state index contributed by atoms with van der Waals surface area (Å²) >= 11 is 0. The molecule has 1 aliphatic carbocycles. The molecule has 0 heterocycles. The van der Waals surface area contributed by atoms with Crippen LogP contribution in [0.4, 0.5) is 0 Å². The zero-order valence-corrected chi connectivity index (χ0v) is 8.92. The van der Waals surface area contributed by atoms with Gasteiger partial charge in [-0.1, -0.05) is 26.3 Å². The lowest BCUT2D eigenvalue weighted by Crippen LogP contribution is -2.24. The topological polar surface area (TPSA) is 20.2 Å². The van der Waals surface area contributed by atoms with Crippen LogP contribution in [-0.4, -0.2) is 10.7 Å². The first-order valence-corrected chi connectivity index (χ1v) is 5.43. The van der Waals surface area contributed by atoms with Crippen LogP contribution in [0.15, 0.2) is 12.7 Å². The average Bonchev–Trinajstić information content (AvgIpc) is 2.28. The molecule has 2 unspecified atom stereocenters. The Hall–Kier alpha value is -0.300. The van der Waals surface area contributed by atoms with Gasteiger partial charge >= 0.3 is 0 Å². The van der Waals surface area contributed by atoms with Gasteiger partial charge in [0.15, 0.2) is 0 Å². The summed E-state index contributed by atoms with van der Waals surface area (Å²) < 4.78 is 0. The predicted octanol–water partition coefficient (Wildman–Crippen LogP) is 3.14. The van der Waals surface area contributed by atoms with Crippen molar-refractivity contribution in [3.8, 4) is 0 Å².